The number of nitrogens with one attached hydrogen (secondary N) is 2. The predicted molar refractivity (Wildman–Crippen MR) is 56.3 cm³/mol. The number of nitro groups is 1. The number of hydrogen-bond acceptors (Lipinski definition) is 4. The van der Waals surface area contributed by atoms with Crippen LogP contribution < -0.4 is 10.3 Å². The highest BCUT2D eigenvalue weighted by molar-refractivity contribution is 6.02. The van der Waals surface area contributed by atoms with Crippen LogP contribution in [-0.2, 0) is 0 Å². The zero-order valence-corrected chi connectivity index (χ0v) is 8.54. The number of aromatic nitrogens is 1. The molecule has 0 saturated carbocycles. The number of carbonyl (C=O) groups is 1. The maximum atomic E-state index is 11.6. The Labute approximate surface area is 95.2 Å². The van der Waals surface area contributed by atoms with E-state index in [2.05, 4.69) is 10.3 Å². The molecule has 0 radical (unpaired) electrons. The van der Waals surface area contributed by atoms with Crippen molar-refractivity contribution in [1.82, 2.24) is 0 Å². The van der Waals surface area contributed by atoms with Crippen molar-refractivity contribution in [3.05, 3.63) is 52.5 Å². The van der Waals surface area contributed by atoms with E-state index >= 15 is 0 Å². The van der Waals surface area contributed by atoms with Crippen LogP contribution in [0.3, 0.4) is 0 Å². The van der Waals surface area contributed by atoms with E-state index in [4.69, 9.17) is 4.42 Å². The molecule has 0 fully saturated rings. The number of furan rings is 1. The van der Waals surface area contributed by atoms with Crippen LogP contribution in [0.5, 0.6) is 0 Å². The maximum Gasteiger partial charge on any atom is 0.433 e. The minimum Gasteiger partial charge on any atom is -0.395 e. The van der Waals surface area contributed by atoms with Crippen molar-refractivity contribution >= 4 is 17.5 Å². The van der Waals surface area contributed by atoms with E-state index in [1.165, 1.54) is 6.07 Å². The van der Waals surface area contributed by atoms with Crippen molar-refractivity contribution in [1.29, 1.82) is 0 Å². The SMILES string of the molecule is O=C(Nc1ccc[nH+]c1)c1ccc([N+](=O)[O-])o1. The molecular weight excluding hydrogens is 226 g/mol. The lowest BCUT2D eigenvalue weighted by atomic mass is 10.4. The van der Waals surface area contributed by atoms with Gasteiger partial charge < -0.3 is 9.73 Å². The van der Waals surface area contributed by atoms with E-state index in [0.717, 1.165) is 6.07 Å². The van der Waals surface area contributed by atoms with Crippen LogP contribution in [0, 0.1) is 10.1 Å². The smallest absolute Gasteiger partial charge is 0.395 e. The quantitative estimate of drug-likeness (QED) is 0.638. The minimum absolute atomic E-state index is 0.111. The Balaban J connectivity index is 2.12. The van der Waals surface area contributed by atoms with Gasteiger partial charge in [-0.25, -0.2) is 4.98 Å². The number of anilines is 1. The molecule has 2 aromatic heterocycles. The molecule has 0 aliphatic heterocycles. The number of aromatic amines is 1. The summed E-state index contributed by atoms with van der Waals surface area (Å²) >= 11 is 0. The molecule has 0 aliphatic rings. The van der Waals surface area contributed by atoms with E-state index in [1.54, 1.807) is 24.5 Å². The van der Waals surface area contributed by atoms with Gasteiger partial charge in [0.25, 0.3) is 5.91 Å². The normalized spacial score (nSPS) is 9.88. The molecule has 7 heteroatoms. The Bertz CT molecular complexity index is 550. The second-order valence-corrected chi connectivity index (χ2v) is 3.14. The van der Waals surface area contributed by atoms with Crippen molar-refractivity contribution in [2.24, 2.45) is 0 Å². The summed E-state index contributed by atoms with van der Waals surface area (Å²) < 4.78 is 4.76. The van der Waals surface area contributed by atoms with E-state index < -0.39 is 16.7 Å². The minimum atomic E-state index is -0.701. The average Bonchev–Trinajstić information content (AvgIpc) is 2.79. The van der Waals surface area contributed by atoms with Crippen LogP contribution in [0.15, 0.2) is 41.1 Å². The monoisotopic (exact) mass is 234 g/mol. The van der Waals surface area contributed by atoms with Gasteiger partial charge in [0.15, 0.2) is 18.2 Å². The van der Waals surface area contributed by atoms with Gasteiger partial charge in [-0.15, -0.1) is 0 Å². The summed E-state index contributed by atoms with van der Waals surface area (Å²) in [4.78, 5) is 24.1. The highest BCUT2D eigenvalue weighted by Crippen LogP contribution is 2.16. The second kappa shape index (κ2) is 4.44. The second-order valence-electron chi connectivity index (χ2n) is 3.14. The highest BCUT2D eigenvalue weighted by Gasteiger charge is 2.17. The summed E-state index contributed by atoms with van der Waals surface area (Å²) in [7, 11) is 0. The number of carbonyl (C=O) groups excluding carboxylic acids is 1. The van der Waals surface area contributed by atoms with Crippen molar-refractivity contribution in [2.75, 3.05) is 5.32 Å². The number of nitrogens with zero attached hydrogens (tertiary/aromatic N) is 1. The van der Waals surface area contributed by atoms with Crippen molar-refractivity contribution in [3.8, 4) is 0 Å². The fraction of sp³-hybridized carbons (Fsp3) is 0. The molecule has 0 saturated heterocycles. The Morgan fingerprint density at radius 1 is 1.41 bits per heavy atom. The summed E-state index contributed by atoms with van der Waals surface area (Å²) in [5, 5.41) is 12.9. The summed E-state index contributed by atoms with van der Waals surface area (Å²) in [6, 6.07) is 5.76. The molecule has 2 heterocycles. The number of H-pyrrole nitrogens is 1. The molecule has 2 N–H and O–H groups in total. The van der Waals surface area contributed by atoms with Gasteiger partial charge in [-0.2, -0.15) is 0 Å². The molecule has 0 spiro atoms. The number of rotatable bonds is 3. The topological polar surface area (TPSA) is 99.5 Å². The molecule has 0 unspecified atom stereocenters. The van der Waals surface area contributed by atoms with E-state index in [1.807, 2.05) is 0 Å². The fourth-order valence-electron chi connectivity index (χ4n) is 1.21. The van der Waals surface area contributed by atoms with Gasteiger partial charge in [0, 0.05) is 6.07 Å². The highest BCUT2D eigenvalue weighted by atomic mass is 16.6. The standard InChI is InChI=1S/C10H7N3O4/c14-10(12-7-2-1-5-11-6-7)8-3-4-9(17-8)13(15)16/h1-6H,(H,12,14)/p+1. The van der Waals surface area contributed by atoms with Gasteiger partial charge in [-0.1, -0.05) is 0 Å². The number of pyridine rings is 1. The largest absolute Gasteiger partial charge is 0.433 e. The Morgan fingerprint density at radius 3 is 2.82 bits per heavy atom. The average molecular weight is 234 g/mol. The van der Waals surface area contributed by atoms with Crippen molar-refractivity contribution in [2.45, 2.75) is 0 Å². The van der Waals surface area contributed by atoms with Crippen LogP contribution in [0.1, 0.15) is 10.6 Å². The van der Waals surface area contributed by atoms with E-state index in [0.29, 0.717) is 5.69 Å². The van der Waals surface area contributed by atoms with Gasteiger partial charge in [-0.05, 0) is 12.1 Å². The molecule has 0 aromatic carbocycles. The van der Waals surface area contributed by atoms with Gasteiger partial charge in [-0.3, -0.25) is 14.9 Å². The number of amides is 1. The third-order valence-electron chi connectivity index (χ3n) is 1.96. The van der Waals surface area contributed by atoms with Gasteiger partial charge in [0.2, 0.25) is 0 Å². The van der Waals surface area contributed by atoms with Crippen LogP contribution >= 0.6 is 0 Å². The summed E-state index contributed by atoms with van der Waals surface area (Å²) in [5.41, 5.74) is 0.538. The lowest BCUT2D eigenvalue weighted by Gasteiger charge is -1.98. The Hall–Kier alpha value is -2.70. The lowest BCUT2D eigenvalue weighted by Crippen LogP contribution is -2.13. The first-order valence-electron chi connectivity index (χ1n) is 4.68. The Kier molecular flexibility index (Phi) is 2.82. The molecule has 0 bridgehead atoms. The first kappa shape index (κ1) is 10.8. The van der Waals surface area contributed by atoms with E-state index in [9.17, 15) is 14.9 Å². The van der Waals surface area contributed by atoms with Gasteiger partial charge >= 0.3 is 5.88 Å². The zero-order chi connectivity index (χ0) is 12.3. The molecule has 2 rings (SSSR count). The third kappa shape index (κ3) is 2.46. The molecule has 17 heavy (non-hydrogen) atoms. The molecule has 7 nitrogen and oxygen atoms in total. The summed E-state index contributed by atoms with van der Waals surface area (Å²) in [6.07, 6.45) is 3.27. The molecule has 1 amide bonds. The molecule has 0 aliphatic carbocycles. The fourth-order valence-corrected chi connectivity index (χ4v) is 1.21. The first-order valence-corrected chi connectivity index (χ1v) is 4.68. The molecule has 86 valence electrons. The van der Waals surface area contributed by atoms with Crippen LogP contribution in [-0.4, -0.2) is 10.8 Å². The molecule has 2 aromatic rings. The van der Waals surface area contributed by atoms with Gasteiger partial charge in [0.05, 0.1) is 6.07 Å². The summed E-state index contributed by atoms with van der Waals surface area (Å²) in [5.74, 6) is -1.12. The Morgan fingerprint density at radius 2 is 2.24 bits per heavy atom. The lowest BCUT2D eigenvalue weighted by molar-refractivity contribution is -0.402. The van der Waals surface area contributed by atoms with Crippen LogP contribution in [0.2, 0.25) is 0 Å². The van der Waals surface area contributed by atoms with Crippen molar-refractivity contribution < 1.29 is 19.1 Å². The van der Waals surface area contributed by atoms with Crippen molar-refractivity contribution in [3.63, 3.8) is 0 Å². The summed E-state index contributed by atoms with van der Waals surface area (Å²) in [6.45, 7) is 0. The zero-order valence-electron chi connectivity index (χ0n) is 8.54. The number of hydrogen-bond donors (Lipinski definition) is 1. The van der Waals surface area contributed by atoms with E-state index in [-0.39, 0.29) is 5.76 Å². The van der Waals surface area contributed by atoms with Gasteiger partial charge in [0.1, 0.15) is 10.6 Å². The third-order valence-corrected chi connectivity index (χ3v) is 1.96. The molecular formula is C10H8N3O4+. The van der Waals surface area contributed by atoms with Crippen LogP contribution in [0.4, 0.5) is 11.6 Å². The maximum absolute atomic E-state index is 11.6. The molecule has 0 atom stereocenters. The van der Waals surface area contributed by atoms with Crippen LogP contribution in [0.25, 0.3) is 0 Å². The first-order chi connectivity index (χ1) is 8.16. The predicted octanol–water partition coefficient (Wildman–Crippen LogP) is 1.25.